The number of hydrogen-bond acceptors (Lipinski definition) is 4. The lowest BCUT2D eigenvalue weighted by Crippen LogP contribution is -2.32. The van der Waals surface area contributed by atoms with E-state index in [1.54, 1.807) is 0 Å². The van der Waals surface area contributed by atoms with E-state index in [-0.39, 0.29) is 17.7 Å². The molecule has 3 rings (SSSR count). The van der Waals surface area contributed by atoms with E-state index in [9.17, 15) is 9.59 Å². The van der Waals surface area contributed by atoms with Crippen molar-refractivity contribution in [2.45, 2.75) is 32.6 Å². The fraction of sp³-hybridized carbons (Fsp3) is 0.636. The van der Waals surface area contributed by atoms with Crippen LogP contribution in [-0.2, 0) is 9.59 Å². The van der Waals surface area contributed by atoms with Crippen LogP contribution in [-0.4, -0.2) is 68.4 Å². The van der Waals surface area contributed by atoms with Crippen molar-refractivity contribution in [1.82, 2.24) is 9.80 Å². The molecule has 0 radical (unpaired) electrons. The summed E-state index contributed by atoms with van der Waals surface area (Å²) in [6.07, 6.45) is 3.72. The summed E-state index contributed by atoms with van der Waals surface area (Å²) in [5, 5.41) is 2.99. The lowest BCUT2D eigenvalue weighted by atomic mass is 9.99. The highest BCUT2D eigenvalue weighted by atomic mass is 16.2. The summed E-state index contributed by atoms with van der Waals surface area (Å²) in [6.45, 7) is 6.71. The van der Waals surface area contributed by atoms with Crippen molar-refractivity contribution in [1.29, 1.82) is 0 Å². The molecule has 1 atom stereocenters. The smallest absolute Gasteiger partial charge is 0.229 e. The fourth-order valence-electron chi connectivity index (χ4n) is 4.01. The molecule has 154 valence electrons. The molecule has 2 amide bonds. The highest BCUT2D eigenvalue weighted by molar-refractivity contribution is 5.97. The quantitative estimate of drug-likeness (QED) is 0.783. The Hall–Kier alpha value is -2.08. The molecule has 2 fully saturated rings. The average Bonchev–Trinajstić information content (AvgIpc) is 3.04. The van der Waals surface area contributed by atoms with Gasteiger partial charge in [-0.2, -0.15) is 0 Å². The Morgan fingerprint density at radius 1 is 1.18 bits per heavy atom. The van der Waals surface area contributed by atoms with Crippen LogP contribution in [0.5, 0.6) is 0 Å². The molecule has 1 aromatic carbocycles. The van der Waals surface area contributed by atoms with E-state index in [0.29, 0.717) is 13.0 Å². The zero-order chi connectivity index (χ0) is 20.1. The van der Waals surface area contributed by atoms with Crippen molar-refractivity contribution in [3.8, 4) is 0 Å². The van der Waals surface area contributed by atoms with Crippen LogP contribution in [0.3, 0.4) is 0 Å². The van der Waals surface area contributed by atoms with Crippen molar-refractivity contribution in [2.75, 3.05) is 57.0 Å². The second kappa shape index (κ2) is 9.41. The Morgan fingerprint density at radius 2 is 1.86 bits per heavy atom. The summed E-state index contributed by atoms with van der Waals surface area (Å²) in [7, 11) is 4.05. The number of amides is 2. The predicted molar refractivity (Wildman–Crippen MR) is 114 cm³/mol. The van der Waals surface area contributed by atoms with E-state index in [1.807, 2.05) is 31.1 Å². The van der Waals surface area contributed by atoms with Gasteiger partial charge in [-0.05, 0) is 70.1 Å². The van der Waals surface area contributed by atoms with Gasteiger partial charge in [0.25, 0.3) is 0 Å². The first-order valence-corrected chi connectivity index (χ1v) is 10.5. The molecule has 1 aromatic rings. The van der Waals surface area contributed by atoms with Gasteiger partial charge in [0.15, 0.2) is 0 Å². The third-order valence-corrected chi connectivity index (χ3v) is 5.90. The van der Waals surface area contributed by atoms with Gasteiger partial charge in [0.05, 0.1) is 5.92 Å². The Kier molecular flexibility index (Phi) is 6.94. The molecular weight excluding hydrogens is 352 g/mol. The molecule has 2 aliphatic heterocycles. The van der Waals surface area contributed by atoms with Gasteiger partial charge >= 0.3 is 0 Å². The lowest BCUT2D eigenvalue weighted by molar-refractivity contribution is -0.128. The Labute approximate surface area is 168 Å². The Bertz CT molecular complexity index is 666. The van der Waals surface area contributed by atoms with Crippen LogP contribution in [0.1, 0.15) is 32.6 Å². The lowest BCUT2D eigenvalue weighted by Gasteiger charge is -2.32. The largest absolute Gasteiger partial charge is 0.372 e. The minimum atomic E-state index is -0.255. The topological polar surface area (TPSA) is 55.9 Å². The third-order valence-electron chi connectivity index (χ3n) is 5.90. The summed E-state index contributed by atoms with van der Waals surface area (Å²) in [6, 6.07) is 8.10. The van der Waals surface area contributed by atoms with E-state index in [0.717, 1.165) is 44.2 Å². The minimum Gasteiger partial charge on any atom is -0.372 e. The van der Waals surface area contributed by atoms with Crippen LogP contribution >= 0.6 is 0 Å². The van der Waals surface area contributed by atoms with Crippen LogP contribution in [0.2, 0.25) is 0 Å². The molecule has 28 heavy (non-hydrogen) atoms. The predicted octanol–water partition coefficient (Wildman–Crippen LogP) is 2.66. The summed E-state index contributed by atoms with van der Waals surface area (Å²) in [5.74, 6) is 0.595. The third kappa shape index (κ3) is 5.47. The molecule has 0 aromatic heterocycles. The number of piperidine rings is 1. The van der Waals surface area contributed by atoms with Gasteiger partial charge in [-0.15, -0.1) is 0 Å². The molecule has 6 nitrogen and oxygen atoms in total. The Morgan fingerprint density at radius 3 is 2.50 bits per heavy atom. The summed E-state index contributed by atoms with van der Waals surface area (Å²) < 4.78 is 0. The van der Waals surface area contributed by atoms with Gasteiger partial charge in [-0.3, -0.25) is 9.59 Å². The molecule has 2 heterocycles. The van der Waals surface area contributed by atoms with Crippen LogP contribution in [0, 0.1) is 11.8 Å². The van der Waals surface area contributed by atoms with Crippen LogP contribution < -0.4 is 10.2 Å². The number of carbonyl (C=O) groups is 2. The highest BCUT2D eigenvalue weighted by Crippen LogP contribution is 2.25. The van der Waals surface area contributed by atoms with Crippen molar-refractivity contribution < 1.29 is 9.59 Å². The second-order valence-electron chi connectivity index (χ2n) is 8.60. The van der Waals surface area contributed by atoms with E-state index < -0.39 is 0 Å². The molecule has 1 unspecified atom stereocenters. The molecule has 0 aliphatic carbocycles. The van der Waals surface area contributed by atoms with Gasteiger partial charge in [0.2, 0.25) is 11.8 Å². The summed E-state index contributed by atoms with van der Waals surface area (Å²) >= 11 is 0. The summed E-state index contributed by atoms with van der Waals surface area (Å²) in [5.41, 5.74) is 2.02. The van der Waals surface area contributed by atoms with E-state index in [4.69, 9.17) is 0 Å². The molecule has 6 heteroatoms. The van der Waals surface area contributed by atoms with Gasteiger partial charge in [-0.25, -0.2) is 0 Å². The molecule has 1 N–H and O–H groups in total. The van der Waals surface area contributed by atoms with E-state index in [1.165, 1.54) is 18.5 Å². The van der Waals surface area contributed by atoms with Crippen molar-refractivity contribution in [3.63, 3.8) is 0 Å². The number of nitrogens with one attached hydrogen (secondary N) is 1. The van der Waals surface area contributed by atoms with Gasteiger partial charge < -0.3 is 20.0 Å². The van der Waals surface area contributed by atoms with Crippen molar-refractivity contribution >= 4 is 23.2 Å². The molecule has 0 spiro atoms. The SMILES string of the molecule is CC1CCN(c2ccc(NC(=O)C3CC(=O)N(CCCN(C)C)C3)cc2)CC1. The molecule has 0 bridgehead atoms. The maximum Gasteiger partial charge on any atom is 0.229 e. The number of likely N-dealkylation sites (tertiary alicyclic amines) is 1. The van der Waals surface area contributed by atoms with E-state index >= 15 is 0 Å². The van der Waals surface area contributed by atoms with Gasteiger partial charge in [0, 0.05) is 44.0 Å². The van der Waals surface area contributed by atoms with Crippen molar-refractivity contribution in [3.05, 3.63) is 24.3 Å². The number of carbonyl (C=O) groups excluding carboxylic acids is 2. The van der Waals surface area contributed by atoms with Gasteiger partial charge in [-0.1, -0.05) is 6.92 Å². The summed E-state index contributed by atoms with van der Waals surface area (Å²) in [4.78, 5) is 31.1. The molecule has 2 saturated heterocycles. The first kappa shape index (κ1) is 20.6. The van der Waals surface area contributed by atoms with Crippen LogP contribution in [0.4, 0.5) is 11.4 Å². The first-order valence-electron chi connectivity index (χ1n) is 10.5. The number of benzene rings is 1. The highest BCUT2D eigenvalue weighted by Gasteiger charge is 2.33. The van der Waals surface area contributed by atoms with Crippen molar-refractivity contribution in [2.24, 2.45) is 11.8 Å². The maximum absolute atomic E-state index is 12.6. The zero-order valence-electron chi connectivity index (χ0n) is 17.5. The first-order chi connectivity index (χ1) is 13.4. The number of nitrogens with zero attached hydrogens (tertiary/aromatic N) is 3. The standard InChI is InChI=1S/C22H34N4O2/c1-17-9-13-25(14-10-17)20-7-5-19(6-8-20)23-22(28)18-15-21(27)26(16-18)12-4-11-24(2)3/h5-8,17-18H,4,9-16H2,1-3H3,(H,23,28). The fourth-order valence-corrected chi connectivity index (χ4v) is 4.01. The van der Waals surface area contributed by atoms with E-state index in [2.05, 4.69) is 34.2 Å². The maximum atomic E-state index is 12.6. The molecule has 0 saturated carbocycles. The molecular formula is C22H34N4O2. The Balaban J connectivity index is 1.48. The second-order valence-corrected chi connectivity index (χ2v) is 8.60. The number of anilines is 2. The van der Waals surface area contributed by atoms with Crippen LogP contribution in [0.25, 0.3) is 0 Å². The number of hydrogen-bond donors (Lipinski definition) is 1. The average molecular weight is 387 g/mol. The molecule has 2 aliphatic rings. The van der Waals surface area contributed by atoms with Gasteiger partial charge in [0.1, 0.15) is 0 Å². The number of rotatable bonds is 7. The minimum absolute atomic E-state index is 0.0528. The zero-order valence-corrected chi connectivity index (χ0v) is 17.5. The normalized spacial score (nSPS) is 20.9. The monoisotopic (exact) mass is 386 g/mol. The van der Waals surface area contributed by atoms with Crippen LogP contribution in [0.15, 0.2) is 24.3 Å².